The summed E-state index contributed by atoms with van der Waals surface area (Å²) in [5.41, 5.74) is 1.54. The van der Waals surface area contributed by atoms with Crippen LogP contribution in [0.25, 0.3) is 0 Å². The number of pyridine rings is 1. The molecule has 0 atom stereocenters. The third kappa shape index (κ3) is 3.59. The Hall–Kier alpha value is -2.83. The van der Waals surface area contributed by atoms with E-state index in [1.807, 2.05) is 38.0 Å². The van der Waals surface area contributed by atoms with Crippen molar-refractivity contribution >= 4 is 22.7 Å². The number of nitro benzene ring substituents is 1. The van der Waals surface area contributed by atoms with Gasteiger partial charge in [-0.05, 0) is 18.2 Å². The Morgan fingerprint density at radius 3 is 2.62 bits per heavy atom. The first kappa shape index (κ1) is 14.6. The number of aromatic nitrogens is 1. The Balaban J connectivity index is 2.37. The number of hydrogen-bond acceptors (Lipinski definition) is 5. The summed E-state index contributed by atoms with van der Waals surface area (Å²) in [6.45, 7) is 0. The Morgan fingerprint density at radius 1 is 1.24 bits per heavy atom. The van der Waals surface area contributed by atoms with Gasteiger partial charge < -0.3 is 4.90 Å². The minimum absolute atomic E-state index is 0.0646. The van der Waals surface area contributed by atoms with E-state index in [2.05, 4.69) is 10.2 Å². The highest BCUT2D eigenvalue weighted by Gasteiger charge is 2.15. The zero-order chi connectivity index (χ0) is 15.4. The van der Waals surface area contributed by atoms with Crippen molar-refractivity contribution in [3.8, 4) is 0 Å². The third-order valence-corrected chi connectivity index (χ3v) is 2.87. The van der Waals surface area contributed by atoms with Gasteiger partial charge in [0.25, 0.3) is 5.69 Å². The van der Waals surface area contributed by atoms with Crippen molar-refractivity contribution < 1.29 is 9.49 Å². The summed E-state index contributed by atoms with van der Waals surface area (Å²) in [5, 5.41) is 19.2. The van der Waals surface area contributed by atoms with Crippen LogP contribution in [0.3, 0.4) is 0 Å². The second-order valence-electron chi connectivity index (χ2n) is 4.75. The van der Waals surface area contributed by atoms with Gasteiger partial charge in [0.2, 0.25) is 0 Å². The molecule has 1 heterocycles. The van der Waals surface area contributed by atoms with E-state index in [-0.39, 0.29) is 11.4 Å². The molecule has 0 fully saturated rings. The molecule has 0 aliphatic heterocycles. The van der Waals surface area contributed by atoms with Gasteiger partial charge in [0.15, 0.2) is 18.1 Å². The summed E-state index contributed by atoms with van der Waals surface area (Å²) in [6, 6.07) is 8.47. The largest absolute Gasteiger partial charge is 0.377 e. The molecule has 0 saturated carbocycles. The average Bonchev–Trinajstić information content (AvgIpc) is 2.44. The molecule has 0 spiro atoms. The number of nitro groups is 1. The number of anilines is 1. The molecule has 1 aromatic carbocycles. The number of aryl methyl sites for hydroxylation is 1. The highest BCUT2D eigenvalue weighted by molar-refractivity contribution is 5.65. The maximum atomic E-state index is 11.1. The fourth-order valence-electron chi connectivity index (χ4n) is 1.76. The van der Waals surface area contributed by atoms with Gasteiger partial charge in [-0.3, -0.25) is 10.1 Å². The van der Waals surface area contributed by atoms with Gasteiger partial charge in [-0.2, -0.15) is 0 Å². The number of azo groups is 1. The molecule has 2 rings (SSSR count). The SMILES string of the molecule is CN(C)c1ccc(N=Nc2ccc[n+](C)c2)c([N+](=O)[O-])c1. The molecule has 0 radical (unpaired) electrons. The third-order valence-electron chi connectivity index (χ3n) is 2.87. The highest BCUT2D eigenvalue weighted by Crippen LogP contribution is 2.32. The lowest BCUT2D eigenvalue weighted by Gasteiger charge is -2.11. The second-order valence-corrected chi connectivity index (χ2v) is 4.75. The quantitative estimate of drug-likeness (QED) is 0.375. The van der Waals surface area contributed by atoms with E-state index in [0.717, 1.165) is 5.69 Å². The molecule has 7 heteroatoms. The first-order chi connectivity index (χ1) is 9.97. The fraction of sp³-hybridized carbons (Fsp3) is 0.214. The van der Waals surface area contributed by atoms with Gasteiger partial charge in [0.1, 0.15) is 12.7 Å². The zero-order valence-corrected chi connectivity index (χ0v) is 12.1. The molecule has 0 N–H and O–H groups in total. The summed E-state index contributed by atoms with van der Waals surface area (Å²) in [7, 11) is 5.52. The van der Waals surface area contributed by atoms with Gasteiger partial charge >= 0.3 is 0 Å². The molecule has 0 amide bonds. The van der Waals surface area contributed by atoms with E-state index in [1.54, 1.807) is 29.3 Å². The molecule has 0 saturated heterocycles. The molecule has 0 unspecified atom stereocenters. The molecule has 7 nitrogen and oxygen atoms in total. The molecule has 0 aliphatic rings. The van der Waals surface area contributed by atoms with Crippen LogP contribution < -0.4 is 9.47 Å². The zero-order valence-electron chi connectivity index (χ0n) is 12.1. The summed E-state index contributed by atoms with van der Waals surface area (Å²) in [5.74, 6) is 0. The smallest absolute Gasteiger partial charge is 0.298 e. The fourth-order valence-corrected chi connectivity index (χ4v) is 1.76. The van der Waals surface area contributed by atoms with Crippen LogP contribution in [0.4, 0.5) is 22.7 Å². The molecule has 0 aliphatic carbocycles. The Bertz CT molecular complexity index is 698. The van der Waals surface area contributed by atoms with Crippen LogP contribution in [0.1, 0.15) is 0 Å². The monoisotopic (exact) mass is 286 g/mol. The summed E-state index contributed by atoms with van der Waals surface area (Å²) < 4.78 is 1.83. The van der Waals surface area contributed by atoms with Gasteiger partial charge in [-0.15, -0.1) is 10.2 Å². The highest BCUT2D eigenvalue weighted by atomic mass is 16.6. The second kappa shape index (κ2) is 6.08. The van der Waals surface area contributed by atoms with Crippen molar-refractivity contribution in [1.29, 1.82) is 0 Å². The number of nitrogens with zero attached hydrogens (tertiary/aromatic N) is 5. The molecule has 2 aromatic rings. The van der Waals surface area contributed by atoms with E-state index in [1.165, 1.54) is 6.07 Å². The van der Waals surface area contributed by atoms with Crippen molar-refractivity contribution in [2.24, 2.45) is 17.3 Å². The maximum absolute atomic E-state index is 11.1. The molecule has 21 heavy (non-hydrogen) atoms. The molecule has 0 bridgehead atoms. The van der Waals surface area contributed by atoms with Crippen LogP contribution in [0, 0.1) is 10.1 Å². The summed E-state index contributed by atoms with van der Waals surface area (Å²) in [6.07, 6.45) is 3.65. The first-order valence-electron chi connectivity index (χ1n) is 6.30. The first-order valence-corrected chi connectivity index (χ1v) is 6.30. The van der Waals surface area contributed by atoms with Crippen LogP contribution >= 0.6 is 0 Å². The van der Waals surface area contributed by atoms with E-state index < -0.39 is 4.92 Å². The minimum atomic E-state index is -0.452. The van der Waals surface area contributed by atoms with E-state index >= 15 is 0 Å². The Labute approximate surface area is 122 Å². The lowest BCUT2D eigenvalue weighted by molar-refractivity contribution is -0.670. The van der Waals surface area contributed by atoms with Crippen LogP contribution in [0.15, 0.2) is 53.0 Å². The predicted molar refractivity (Wildman–Crippen MR) is 79.2 cm³/mol. The van der Waals surface area contributed by atoms with E-state index in [0.29, 0.717) is 5.69 Å². The van der Waals surface area contributed by atoms with Crippen LogP contribution in [-0.2, 0) is 7.05 Å². The Kier molecular flexibility index (Phi) is 4.22. The number of hydrogen-bond donors (Lipinski definition) is 0. The maximum Gasteiger partial charge on any atom is 0.298 e. The average molecular weight is 286 g/mol. The normalized spacial score (nSPS) is 10.8. The summed E-state index contributed by atoms with van der Waals surface area (Å²) in [4.78, 5) is 12.5. The van der Waals surface area contributed by atoms with E-state index in [9.17, 15) is 10.1 Å². The Morgan fingerprint density at radius 2 is 2.00 bits per heavy atom. The lowest BCUT2D eigenvalue weighted by Crippen LogP contribution is -2.25. The van der Waals surface area contributed by atoms with Crippen LogP contribution in [-0.4, -0.2) is 19.0 Å². The molecule has 108 valence electrons. The van der Waals surface area contributed by atoms with Crippen molar-refractivity contribution in [1.82, 2.24) is 0 Å². The summed E-state index contributed by atoms with van der Waals surface area (Å²) >= 11 is 0. The van der Waals surface area contributed by atoms with Crippen molar-refractivity contribution in [2.75, 3.05) is 19.0 Å². The van der Waals surface area contributed by atoms with Crippen molar-refractivity contribution in [3.63, 3.8) is 0 Å². The van der Waals surface area contributed by atoms with Gasteiger partial charge in [-0.1, -0.05) is 0 Å². The predicted octanol–water partition coefficient (Wildman–Crippen LogP) is 2.90. The minimum Gasteiger partial charge on any atom is -0.377 e. The molecular formula is C14H16N5O2+. The van der Waals surface area contributed by atoms with Gasteiger partial charge in [0.05, 0.1) is 4.92 Å². The number of benzene rings is 1. The van der Waals surface area contributed by atoms with Gasteiger partial charge in [-0.25, -0.2) is 4.57 Å². The van der Waals surface area contributed by atoms with E-state index in [4.69, 9.17) is 0 Å². The standard InChI is InChI=1S/C14H16N5O2/c1-17(2)12-6-7-13(14(9-12)19(20)21)16-15-11-5-4-8-18(3)10-11/h4-10H,1-3H3/q+1. The molecular weight excluding hydrogens is 270 g/mol. The lowest BCUT2D eigenvalue weighted by atomic mass is 10.2. The van der Waals surface area contributed by atoms with Crippen molar-refractivity contribution in [3.05, 3.63) is 52.8 Å². The van der Waals surface area contributed by atoms with Crippen molar-refractivity contribution in [2.45, 2.75) is 0 Å². The topological polar surface area (TPSA) is 75.0 Å². The molecule has 1 aromatic heterocycles. The number of rotatable bonds is 4. The van der Waals surface area contributed by atoms with Crippen LogP contribution in [0.5, 0.6) is 0 Å². The van der Waals surface area contributed by atoms with Crippen LogP contribution in [0.2, 0.25) is 0 Å². The van der Waals surface area contributed by atoms with Gasteiger partial charge in [0, 0.05) is 31.9 Å².